The molecule has 0 aromatic heterocycles. The van der Waals surface area contributed by atoms with Gasteiger partial charge in [-0.05, 0) is 12.5 Å². The third kappa shape index (κ3) is 5.64. The van der Waals surface area contributed by atoms with E-state index in [0.717, 1.165) is 0 Å². The summed E-state index contributed by atoms with van der Waals surface area (Å²) in [5.74, 6) is -2.02. The van der Waals surface area contributed by atoms with Crippen molar-refractivity contribution < 1.29 is 28.5 Å². The SMILES string of the molecule is COCCOCCCOCc1cccc(C(=O)O)c1F. The van der Waals surface area contributed by atoms with Crippen LogP contribution < -0.4 is 0 Å². The van der Waals surface area contributed by atoms with Gasteiger partial charge in [0.05, 0.1) is 25.4 Å². The molecule has 1 aromatic rings. The zero-order valence-corrected chi connectivity index (χ0v) is 11.4. The minimum absolute atomic E-state index is 0.0467. The molecule has 0 fully saturated rings. The van der Waals surface area contributed by atoms with Crippen LogP contribution in [0, 0.1) is 5.82 Å². The van der Waals surface area contributed by atoms with Gasteiger partial charge in [0, 0.05) is 25.9 Å². The van der Waals surface area contributed by atoms with E-state index in [2.05, 4.69) is 0 Å². The molecule has 1 rings (SSSR count). The van der Waals surface area contributed by atoms with Crippen LogP contribution in [0.15, 0.2) is 18.2 Å². The van der Waals surface area contributed by atoms with Crippen LogP contribution in [0.2, 0.25) is 0 Å². The number of benzene rings is 1. The van der Waals surface area contributed by atoms with Crippen molar-refractivity contribution in [3.63, 3.8) is 0 Å². The number of hydrogen-bond acceptors (Lipinski definition) is 4. The number of rotatable bonds is 10. The first-order valence-electron chi connectivity index (χ1n) is 6.32. The number of hydrogen-bond donors (Lipinski definition) is 1. The lowest BCUT2D eigenvalue weighted by atomic mass is 10.1. The molecular weight excluding hydrogens is 267 g/mol. The van der Waals surface area contributed by atoms with Gasteiger partial charge in [0.15, 0.2) is 0 Å². The molecule has 0 saturated carbocycles. The van der Waals surface area contributed by atoms with Gasteiger partial charge in [-0.2, -0.15) is 0 Å². The standard InChI is InChI=1S/C14H19FO5/c1-18-8-9-19-6-3-7-20-10-11-4-2-5-12(13(11)15)14(16)17/h2,4-5H,3,6-10H2,1H3,(H,16,17). The van der Waals surface area contributed by atoms with Crippen molar-refractivity contribution in [2.75, 3.05) is 33.5 Å². The van der Waals surface area contributed by atoms with E-state index in [9.17, 15) is 9.18 Å². The average molecular weight is 286 g/mol. The summed E-state index contributed by atoms with van der Waals surface area (Å²) in [5.41, 5.74) is -0.0980. The summed E-state index contributed by atoms with van der Waals surface area (Å²) in [6.45, 7) is 2.09. The number of carboxylic acids is 1. The van der Waals surface area contributed by atoms with Crippen LogP contribution in [-0.2, 0) is 20.8 Å². The van der Waals surface area contributed by atoms with Crippen LogP contribution in [0.3, 0.4) is 0 Å². The lowest BCUT2D eigenvalue weighted by Gasteiger charge is -2.07. The fourth-order valence-electron chi connectivity index (χ4n) is 1.55. The Kier molecular flexibility index (Phi) is 7.79. The summed E-state index contributed by atoms with van der Waals surface area (Å²) >= 11 is 0. The van der Waals surface area contributed by atoms with Gasteiger partial charge in [-0.15, -0.1) is 0 Å². The lowest BCUT2D eigenvalue weighted by Crippen LogP contribution is -2.07. The van der Waals surface area contributed by atoms with Crippen molar-refractivity contribution in [2.45, 2.75) is 13.0 Å². The largest absolute Gasteiger partial charge is 0.478 e. The van der Waals surface area contributed by atoms with E-state index in [1.807, 2.05) is 0 Å². The zero-order chi connectivity index (χ0) is 14.8. The molecule has 0 atom stereocenters. The van der Waals surface area contributed by atoms with Gasteiger partial charge in [-0.25, -0.2) is 9.18 Å². The van der Waals surface area contributed by atoms with Gasteiger partial charge in [0.2, 0.25) is 0 Å². The van der Waals surface area contributed by atoms with Crippen molar-refractivity contribution in [3.8, 4) is 0 Å². The number of ether oxygens (including phenoxy) is 3. The number of methoxy groups -OCH3 is 1. The molecule has 0 unspecified atom stereocenters. The Balaban J connectivity index is 2.25. The number of halogens is 1. The molecule has 112 valence electrons. The second-order valence-corrected chi connectivity index (χ2v) is 4.10. The highest BCUT2D eigenvalue weighted by Crippen LogP contribution is 2.14. The maximum atomic E-state index is 13.7. The molecule has 0 saturated heterocycles. The summed E-state index contributed by atoms with van der Waals surface area (Å²) in [7, 11) is 1.60. The monoisotopic (exact) mass is 286 g/mol. The fraction of sp³-hybridized carbons (Fsp3) is 0.500. The molecule has 0 amide bonds. The number of carboxylic acid groups (broad SMARTS) is 1. The van der Waals surface area contributed by atoms with Gasteiger partial charge in [0.1, 0.15) is 5.82 Å². The average Bonchev–Trinajstić information content (AvgIpc) is 2.43. The van der Waals surface area contributed by atoms with Crippen molar-refractivity contribution in [3.05, 3.63) is 35.1 Å². The molecule has 5 nitrogen and oxygen atoms in total. The summed E-state index contributed by atoms with van der Waals surface area (Å²) < 4.78 is 29.1. The molecular formula is C14H19FO5. The van der Waals surface area contributed by atoms with E-state index >= 15 is 0 Å². The van der Waals surface area contributed by atoms with Gasteiger partial charge in [0.25, 0.3) is 0 Å². The molecule has 0 bridgehead atoms. The van der Waals surface area contributed by atoms with Crippen LogP contribution in [0.5, 0.6) is 0 Å². The molecule has 1 N–H and O–H groups in total. The Morgan fingerprint density at radius 2 is 1.95 bits per heavy atom. The lowest BCUT2D eigenvalue weighted by molar-refractivity contribution is 0.0478. The molecule has 1 aromatic carbocycles. The Hall–Kier alpha value is -1.50. The first-order valence-corrected chi connectivity index (χ1v) is 6.32. The Labute approximate surface area is 117 Å². The Bertz CT molecular complexity index is 422. The van der Waals surface area contributed by atoms with Crippen LogP contribution >= 0.6 is 0 Å². The Morgan fingerprint density at radius 1 is 1.20 bits per heavy atom. The fourth-order valence-corrected chi connectivity index (χ4v) is 1.55. The van der Waals surface area contributed by atoms with E-state index in [1.165, 1.54) is 18.2 Å². The minimum Gasteiger partial charge on any atom is -0.478 e. The second-order valence-electron chi connectivity index (χ2n) is 4.10. The minimum atomic E-state index is -1.28. The maximum absolute atomic E-state index is 13.7. The molecule has 20 heavy (non-hydrogen) atoms. The summed E-state index contributed by atoms with van der Waals surface area (Å²) in [4.78, 5) is 10.8. The molecule has 6 heteroatoms. The number of aromatic carboxylic acids is 1. The van der Waals surface area contributed by atoms with Gasteiger partial charge < -0.3 is 19.3 Å². The van der Waals surface area contributed by atoms with Crippen molar-refractivity contribution in [1.82, 2.24) is 0 Å². The normalized spacial score (nSPS) is 10.7. The van der Waals surface area contributed by atoms with E-state index in [-0.39, 0.29) is 17.7 Å². The van der Waals surface area contributed by atoms with Crippen LogP contribution in [0.4, 0.5) is 4.39 Å². The van der Waals surface area contributed by atoms with Crippen molar-refractivity contribution >= 4 is 5.97 Å². The Morgan fingerprint density at radius 3 is 2.65 bits per heavy atom. The first kappa shape index (κ1) is 16.6. The van der Waals surface area contributed by atoms with Crippen LogP contribution in [0.25, 0.3) is 0 Å². The first-order chi connectivity index (χ1) is 9.66. The van der Waals surface area contributed by atoms with Gasteiger partial charge >= 0.3 is 5.97 Å². The highest BCUT2D eigenvalue weighted by atomic mass is 19.1. The molecule has 0 aliphatic heterocycles. The quantitative estimate of drug-likeness (QED) is 0.667. The summed E-state index contributed by atoms with van der Waals surface area (Å²) in [6, 6.07) is 4.24. The molecule has 0 heterocycles. The summed E-state index contributed by atoms with van der Waals surface area (Å²) in [5, 5.41) is 8.79. The third-order valence-corrected chi connectivity index (χ3v) is 2.58. The smallest absolute Gasteiger partial charge is 0.338 e. The van der Waals surface area contributed by atoms with E-state index in [4.69, 9.17) is 19.3 Å². The molecule has 0 aliphatic rings. The number of carbonyl (C=O) groups is 1. The third-order valence-electron chi connectivity index (χ3n) is 2.58. The molecule has 0 aliphatic carbocycles. The van der Waals surface area contributed by atoms with Crippen LogP contribution in [0.1, 0.15) is 22.3 Å². The van der Waals surface area contributed by atoms with Crippen LogP contribution in [-0.4, -0.2) is 44.6 Å². The van der Waals surface area contributed by atoms with E-state index in [1.54, 1.807) is 7.11 Å². The highest BCUT2D eigenvalue weighted by molar-refractivity contribution is 5.88. The summed E-state index contributed by atoms with van der Waals surface area (Å²) in [6.07, 6.45) is 0.684. The van der Waals surface area contributed by atoms with E-state index < -0.39 is 11.8 Å². The zero-order valence-electron chi connectivity index (χ0n) is 11.4. The predicted octanol–water partition coefficient (Wildman–Crippen LogP) is 2.09. The second kappa shape index (κ2) is 9.41. The molecule has 0 spiro atoms. The van der Waals surface area contributed by atoms with Gasteiger partial charge in [-0.1, -0.05) is 12.1 Å². The van der Waals surface area contributed by atoms with Crippen molar-refractivity contribution in [2.24, 2.45) is 0 Å². The van der Waals surface area contributed by atoms with E-state index in [0.29, 0.717) is 32.8 Å². The van der Waals surface area contributed by atoms with Crippen molar-refractivity contribution in [1.29, 1.82) is 0 Å². The van der Waals surface area contributed by atoms with Gasteiger partial charge in [-0.3, -0.25) is 0 Å². The molecule has 0 radical (unpaired) electrons. The highest BCUT2D eigenvalue weighted by Gasteiger charge is 2.13. The topological polar surface area (TPSA) is 65.0 Å². The maximum Gasteiger partial charge on any atom is 0.338 e. The predicted molar refractivity (Wildman–Crippen MR) is 70.3 cm³/mol.